The average Bonchev–Trinajstić information content (AvgIpc) is 2.92. The number of aryl methyl sites for hydroxylation is 2. The van der Waals surface area contributed by atoms with Crippen LogP contribution < -0.4 is 10.2 Å². The van der Waals surface area contributed by atoms with Crippen molar-refractivity contribution in [2.45, 2.75) is 39.2 Å². The minimum absolute atomic E-state index is 0.00590. The molecule has 3 aromatic rings. The van der Waals surface area contributed by atoms with Gasteiger partial charge in [-0.3, -0.25) is 9.59 Å². The zero-order chi connectivity index (χ0) is 21.1. The third-order valence-corrected chi connectivity index (χ3v) is 5.76. The number of rotatable bonds is 3. The number of carbonyl (C=O) groups excluding carboxylic acids is 2. The number of para-hydroxylation sites is 1. The van der Waals surface area contributed by atoms with Gasteiger partial charge in [0.15, 0.2) is 0 Å². The van der Waals surface area contributed by atoms with Crippen LogP contribution in [0.5, 0.6) is 0 Å². The highest BCUT2D eigenvalue weighted by Crippen LogP contribution is 2.31. The van der Waals surface area contributed by atoms with Crippen molar-refractivity contribution in [3.05, 3.63) is 95.1 Å². The fourth-order valence-electron chi connectivity index (χ4n) is 4.08. The Kier molecular flexibility index (Phi) is 5.66. The van der Waals surface area contributed by atoms with Crippen molar-refractivity contribution < 1.29 is 9.59 Å². The van der Waals surface area contributed by atoms with Crippen LogP contribution in [0.15, 0.2) is 72.8 Å². The van der Waals surface area contributed by atoms with Crippen molar-refractivity contribution in [1.29, 1.82) is 0 Å². The van der Waals surface area contributed by atoms with Crippen molar-refractivity contribution in [3.63, 3.8) is 0 Å². The predicted octanol–water partition coefficient (Wildman–Crippen LogP) is 5.62. The van der Waals surface area contributed by atoms with E-state index in [-0.39, 0.29) is 17.9 Å². The average molecular weight is 399 g/mol. The molecule has 0 aromatic heterocycles. The second kappa shape index (κ2) is 8.54. The molecule has 2 amide bonds. The maximum Gasteiger partial charge on any atom is 0.258 e. The van der Waals surface area contributed by atoms with E-state index < -0.39 is 0 Å². The fourth-order valence-corrected chi connectivity index (χ4v) is 4.08. The molecule has 152 valence electrons. The lowest BCUT2D eigenvalue weighted by atomic mass is 10.1. The van der Waals surface area contributed by atoms with E-state index in [1.165, 1.54) is 5.56 Å². The van der Waals surface area contributed by atoms with Gasteiger partial charge in [0.25, 0.3) is 11.8 Å². The molecule has 3 aromatic carbocycles. The van der Waals surface area contributed by atoms with E-state index in [9.17, 15) is 9.59 Å². The Labute approximate surface area is 177 Å². The Morgan fingerprint density at radius 2 is 1.63 bits per heavy atom. The number of hydrogen-bond donors (Lipinski definition) is 1. The molecule has 1 N–H and O–H groups in total. The van der Waals surface area contributed by atoms with Crippen LogP contribution in [0, 0.1) is 6.92 Å². The van der Waals surface area contributed by atoms with Gasteiger partial charge in [-0.05, 0) is 80.6 Å². The van der Waals surface area contributed by atoms with Crippen LogP contribution in [-0.2, 0) is 6.42 Å². The molecule has 0 saturated carbocycles. The van der Waals surface area contributed by atoms with Gasteiger partial charge in [0.1, 0.15) is 0 Å². The molecule has 4 heteroatoms. The largest absolute Gasteiger partial charge is 0.322 e. The summed E-state index contributed by atoms with van der Waals surface area (Å²) in [6, 6.07) is 22.9. The third-order valence-electron chi connectivity index (χ3n) is 5.76. The smallest absolute Gasteiger partial charge is 0.258 e. The lowest BCUT2D eigenvalue weighted by Gasteiger charge is -2.29. The number of hydrogen-bond acceptors (Lipinski definition) is 2. The summed E-state index contributed by atoms with van der Waals surface area (Å²) in [7, 11) is 0. The number of carbonyl (C=O) groups is 2. The van der Waals surface area contributed by atoms with E-state index in [2.05, 4.69) is 18.3 Å². The maximum atomic E-state index is 13.4. The van der Waals surface area contributed by atoms with E-state index in [4.69, 9.17) is 0 Å². The van der Waals surface area contributed by atoms with E-state index in [1.54, 1.807) is 30.3 Å². The molecular formula is C26H26N2O2. The van der Waals surface area contributed by atoms with Crippen LogP contribution in [0.3, 0.4) is 0 Å². The summed E-state index contributed by atoms with van der Waals surface area (Å²) in [6.07, 6.45) is 3.05. The van der Waals surface area contributed by atoms with Gasteiger partial charge < -0.3 is 10.2 Å². The van der Waals surface area contributed by atoms with Crippen LogP contribution in [0.2, 0.25) is 0 Å². The monoisotopic (exact) mass is 398 g/mol. The molecule has 1 aliphatic heterocycles. The molecule has 30 heavy (non-hydrogen) atoms. The minimum Gasteiger partial charge on any atom is -0.322 e. The highest BCUT2D eigenvalue weighted by Gasteiger charge is 2.27. The van der Waals surface area contributed by atoms with Gasteiger partial charge in [-0.15, -0.1) is 0 Å². The molecule has 1 atom stereocenters. The number of amides is 2. The number of benzene rings is 3. The van der Waals surface area contributed by atoms with Gasteiger partial charge in [0.2, 0.25) is 0 Å². The summed E-state index contributed by atoms with van der Waals surface area (Å²) in [5.74, 6) is -0.157. The van der Waals surface area contributed by atoms with Crippen LogP contribution in [0.25, 0.3) is 0 Å². The Balaban J connectivity index is 1.55. The third kappa shape index (κ3) is 3.99. The second-order valence-corrected chi connectivity index (χ2v) is 7.89. The first kappa shape index (κ1) is 19.9. The topological polar surface area (TPSA) is 49.4 Å². The molecule has 0 saturated heterocycles. The normalized spacial score (nSPS) is 15.8. The summed E-state index contributed by atoms with van der Waals surface area (Å²) in [4.78, 5) is 27.8. The predicted molar refractivity (Wildman–Crippen MR) is 121 cm³/mol. The zero-order valence-electron chi connectivity index (χ0n) is 17.4. The van der Waals surface area contributed by atoms with E-state index in [1.807, 2.05) is 48.2 Å². The molecule has 0 fully saturated rings. The SMILES string of the molecule is Cc1ccccc1C(=O)Nc1ccc(C(=O)N2c3ccccc3CCCC2C)cc1. The first-order valence-electron chi connectivity index (χ1n) is 10.4. The first-order valence-corrected chi connectivity index (χ1v) is 10.4. The summed E-state index contributed by atoms with van der Waals surface area (Å²) in [5, 5.41) is 2.92. The van der Waals surface area contributed by atoms with Gasteiger partial charge >= 0.3 is 0 Å². The first-order chi connectivity index (χ1) is 14.5. The summed E-state index contributed by atoms with van der Waals surface area (Å²) in [6.45, 7) is 4.02. The molecule has 0 spiro atoms. The molecule has 0 radical (unpaired) electrons. The number of fused-ring (bicyclic) bond motifs is 1. The molecule has 1 aliphatic rings. The Hall–Kier alpha value is -3.40. The van der Waals surface area contributed by atoms with Crippen molar-refractivity contribution in [1.82, 2.24) is 0 Å². The van der Waals surface area contributed by atoms with Gasteiger partial charge in [0.05, 0.1) is 0 Å². The second-order valence-electron chi connectivity index (χ2n) is 7.89. The molecule has 4 nitrogen and oxygen atoms in total. The Morgan fingerprint density at radius 3 is 2.40 bits per heavy atom. The summed E-state index contributed by atoms with van der Waals surface area (Å²) >= 11 is 0. The van der Waals surface area contributed by atoms with Gasteiger partial charge in [-0.2, -0.15) is 0 Å². The van der Waals surface area contributed by atoms with E-state index in [0.29, 0.717) is 16.8 Å². The molecule has 4 rings (SSSR count). The van der Waals surface area contributed by atoms with E-state index >= 15 is 0 Å². The van der Waals surface area contributed by atoms with Crippen molar-refractivity contribution in [2.24, 2.45) is 0 Å². The molecule has 0 bridgehead atoms. The zero-order valence-corrected chi connectivity index (χ0v) is 17.4. The lowest BCUT2D eigenvalue weighted by molar-refractivity contribution is 0.0976. The van der Waals surface area contributed by atoms with Crippen molar-refractivity contribution in [3.8, 4) is 0 Å². The van der Waals surface area contributed by atoms with Gasteiger partial charge in [-0.25, -0.2) is 0 Å². The minimum atomic E-state index is -0.151. The standard InChI is InChI=1S/C26H26N2O2/c1-18-8-3-5-12-23(18)25(29)27-22-16-14-21(15-17-22)26(30)28-19(2)9-7-11-20-10-4-6-13-24(20)28/h3-6,8,10,12-17,19H,7,9,11H2,1-2H3,(H,27,29). The lowest BCUT2D eigenvalue weighted by Crippen LogP contribution is -2.38. The fraction of sp³-hybridized carbons (Fsp3) is 0.231. The molecular weight excluding hydrogens is 372 g/mol. The highest BCUT2D eigenvalue weighted by molar-refractivity contribution is 6.08. The highest BCUT2D eigenvalue weighted by atomic mass is 16.2. The van der Waals surface area contributed by atoms with E-state index in [0.717, 1.165) is 30.5 Å². The number of nitrogens with zero attached hydrogens (tertiary/aromatic N) is 1. The summed E-state index contributed by atoms with van der Waals surface area (Å²) in [5.41, 5.74) is 5.08. The van der Waals surface area contributed by atoms with Crippen molar-refractivity contribution >= 4 is 23.2 Å². The van der Waals surface area contributed by atoms with Crippen LogP contribution in [0.1, 0.15) is 51.6 Å². The molecule has 1 heterocycles. The quantitative estimate of drug-likeness (QED) is 0.623. The van der Waals surface area contributed by atoms with Gasteiger partial charge in [0, 0.05) is 28.5 Å². The maximum absolute atomic E-state index is 13.4. The van der Waals surface area contributed by atoms with Crippen molar-refractivity contribution in [2.75, 3.05) is 10.2 Å². The summed E-state index contributed by atoms with van der Waals surface area (Å²) < 4.78 is 0. The Morgan fingerprint density at radius 1 is 0.933 bits per heavy atom. The van der Waals surface area contributed by atoms with Crippen LogP contribution >= 0.6 is 0 Å². The van der Waals surface area contributed by atoms with Crippen LogP contribution in [0.4, 0.5) is 11.4 Å². The molecule has 1 unspecified atom stereocenters. The van der Waals surface area contributed by atoms with Gasteiger partial charge in [-0.1, -0.05) is 36.4 Å². The van der Waals surface area contributed by atoms with Crippen LogP contribution in [-0.4, -0.2) is 17.9 Å². The number of anilines is 2. The molecule has 0 aliphatic carbocycles. The number of nitrogens with one attached hydrogen (secondary N) is 1. The Bertz CT molecular complexity index is 1070.